The van der Waals surface area contributed by atoms with Crippen molar-refractivity contribution in [1.29, 1.82) is 0 Å². The molecule has 21 heavy (non-hydrogen) atoms. The number of anilines is 1. The fraction of sp³-hybridized carbons (Fsp3) is 0.444. The Labute approximate surface area is 124 Å². The highest BCUT2D eigenvalue weighted by Gasteiger charge is 2.12. The molecule has 1 unspecified atom stereocenters. The number of hydrogen-bond acceptors (Lipinski definition) is 8. The first-order valence-corrected chi connectivity index (χ1v) is 8.33. The molecular weight excluding hydrogens is 321 g/mol. The molecule has 0 aliphatic rings. The molecule has 1 atom stereocenters. The lowest BCUT2D eigenvalue weighted by atomic mass is 10.5. The maximum absolute atomic E-state index is 11.6. The van der Waals surface area contributed by atoms with Gasteiger partial charge in [-0.1, -0.05) is 0 Å². The predicted molar refractivity (Wildman–Crippen MR) is 78.0 cm³/mol. The molecule has 2 aromatic rings. The standard InChI is InChI=1S/C9H14N5O5PS/c1-17-20(16,21)19-3-2-18-5-14-4-11-6-7(14)12-9(10)13-8(6)15/h4H,2-3,5H2,1H3,(H,16,21)(H3,10,12,13,15). The minimum Gasteiger partial charge on any atom is -0.369 e. The second-order valence-corrected chi connectivity index (χ2v) is 6.80. The molecule has 0 spiro atoms. The van der Waals surface area contributed by atoms with Crippen molar-refractivity contribution in [2.45, 2.75) is 6.73 Å². The van der Waals surface area contributed by atoms with Crippen LogP contribution in [0.1, 0.15) is 0 Å². The summed E-state index contributed by atoms with van der Waals surface area (Å²) >= 11 is 4.66. The summed E-state index contributed by atoms with van der Waals surface area (Å²) in [6, 6.07) is 0. The summed E-state index contributed by atoms with van der Waals surface area (Å²) in [7, 11) is 1.27. The highest BCUT2D eigenvalue weighted by molar-refractivity contribution is 8.07. The summed E-state index contributed by atoms with van der Waals surface area (Å²) in [5, 5.41) is 0. The summed E-state index contributed by atoms with van der Waals surface area (Å²) in [5.41, 5.74) is 5.55. The number of nitrogens with zero attached hydrogens (tertiary/aromatic N) is 3. The molecule has 0 fully saturated rings. The molecule has 10 nitrogen and oxygen atoms in total. The molecule has 0 bridgehead atoms. The number of hydrogen-bond donors (Lipinski definition) is 3. The zero-order chi connectivity index (χ0) is 15.5. The van der Waals surface area contributed by atoms with Crippen LogP contribution in [-0.4, -0.2) is 44.7 Å². The van der Waals surface area contributed by atoms with E-state index < -0.39 is 12.3 Å². The van der Waals surface area contributed by atoms with Crippen LogP contribution in [-0.2, 0) is 32.3 Å². The molecular formula is C9H14N5O5PS. The normalized spacial score (nSPS) is 14.4. The van der Waals surface area contributed by atoms with Gasteiger partial charge in [-0.25, -0.2) is 4.98 Å². The molecule has 2 heterocycles. The lowest BCUT2D eigenvalue weighted by Crippen LogP contribution is -2.13. The molecule has 0 aliphatic carbocycles. The van der Waals surface area contributed by atoms with Gasteiger partial charge in [0.05, 0.1) is 19.5 Å². The van der Waals surface area contributed by atoms with Gasteiger partial charge in [0.15, 0.2) is 11.2 Å². The van der Waals surface area contributed by atoms with E-state index >= 15 is 0 Å². The van der Waals surface area contributed by atoms with Crippen molar-refractivity contribution in [2.24, 2.45) is 0 Å². The van der Waals surface area contributed by atoms with Gasteiger partial charge < -0.3 is 24.4 Å². The first-order valence-electron chi connectivity index (χ1n) is 5.74. The maximum Gasteiger partial charge on any atom is 0.324 e. The Hall–Kier alpha value is -1.36. The van der Waals surface area contributed by atoms with Gasteiger partial charge >= 0.3 is 6.72 Å². The van der Waals surface area contributed by atoms with Crippen molar-refractivity contribution >= 4 is 35.6 Å². The van der Waals surface area contributed by atoms with Gasteiger partial charge in [-0.2, -0.15) is 4.98 Å². The molecule has 116 valence electrons. The molecule has 4 N–H and O–H groups in total. The van der Waals surface area contributed by atoms with Crippen molar-refractivity contribution in [2.75, 3.05) is 26.1 Å². The predicted octanol–water partition coefficient (Wildman–Crippen LogP) is -0.444. The van der Waals surface area contributed by atoms with E-state index in [0.717, 1.165) is 0 Å². The van der Waals surface area contributed by atoms with Crippen LogP contribution in [0.4, 0.5) is 5.95 Å². The average Bonchev–Trinajstić information content (AvgIpc) is 2.82. The average molecular weight is 335 g/mol. The Morgan fingerprint density at radius 1 is 1.57 bits per heavy atom. The maximum atomic E-state index is 11.6. The van der Waals surface area contributed by atoms with Gasteiger partial charge in [-0.05, 0) is 11.8 Å². The van der Waals surface area contributed by atoms with Crippen molar-refractivity contribution < 1.29 is 18.7 Å². The Bertz CT molecular complexity index is 731. The second-order valence-electron chi connectivity index (χ2n) is 3.86. The van der Waals surface area contributed by atoms with Gasteiger partial charge in [-0.3, -0.25) is 14.3 Å². The summed E-state index contributed by atoms with van der Waals surface area (Å²) in [4.78, 5) is 31.2. The second kappa shape index (κ2) is 6.60. The van der Waals surface area contributed by atoms with Crippen LogP contribution in [0, 0.1) is 0 Å². The van der Waals surface area contributed by atoms with E-state index in [0.29, 0.717) is 5.65 Å². The Kier molecular flexibility index (Phi) is 5.04. The van der Waals surface area contributed by atoms with Crippen molar-refractivity contribution in [3.63, 3.8) is 0 Å². The number of nitrogens with two attached hydrogens (primary N) is 1. The number of ether oxygens (including phenoxy) is 1. The van der Waals surface area contributed by atoms with Crippen LogP contribution in [0.5, 0.6) is 0 Å². The Balaban J connectivity index is 1.93. The first-order chi connectivity index (χ1) is 9.93. The van der Waals surface area contributed by atoms with E-state index in [1.165, 1.54) is 18.0 Å². The lowest BCUT2D eigenvalue weighted by molar-refractivity contribution is 0.0511. The number of rotatable bonds is 7. The summed E-state index contributed by atoms with van der Waals surface area (Å²) < 4.78 is 16.4. The Morgan fingerprint density at radius 2 is 2.33 bits per heavy atom. The third-order valence-electron chi connectivity index (χ3n) is 2.44. The van der Waals surface area contributed by atoms with Crippen LogP contribution < -0.4 is 11.3 Å². The Morgan fingerprint density at radius 3 is 3.05 bits per heavy atom. The fourth-order valence-electron chi connectivity index (χ4n) is 1.49. The van der Waals surface area contributed by atoms with Crippen molar-refractivity contribution in [3.8, 4) is 0 Å². The number of imidazole rings is 1. The molecule has 0 amide bonds. The van der Waals surface area contributed by atoms with Crippen LogP contribution in [0.3, 0.4) is 0 Å². The van der Waals surface area contributed by atoms with Crippen LogP contribution in [0.2, 0.25) is 0 Å². The molecule has 2 rings (SSSR count). The van der Waals surface area contributed by atoms with Gasteiger partial charge in [0, 0.05) is 7.11 Å². The molecule has 0 aliphatic heterocycles. The molecule has 2 aromatic heterocycles. The van der Waals surface area contributed by atoms with E-state index in [1.807, 2.05) is 0 Å². The van der Waals surface area contributed by atoms with E-state index in [4.69, 9.17) is 15.0 Å². The number of aromatic nitrogens is 4. The quantitative estimate of drug-likeness (QED) is 0.454. The summed E-state index contributed by atoms with van der Waals surface area (Å²) in [5.74, 6) is -0.00125. The van der Waals surface area contributed by atoms with E-state index in [1.54, 1.807) is 0 Å². The third kappa shape index (κ3) is 4.06. The summed E-state index contributed by atoms with van der Waals surface area (Å²) in [6.45, 7) is -2.83. The molecule has 0 saturated carbocycles. The number of nitrogens with one attached hydrogen (secondary N) is 1. The topological polar surface area (TPSA) is 138 Å². The first kappa shape index (κ1) is 16.0. The molecule has 0 radical (unpaired) electrons. The molecule has 0 saturated heterocycles. The number of aromatic amines is 1. The van der Waals surface area contributed by atoms with Crippen LogP contribution >= 0.6 is 6.72 Å². The van der Waals surface area contributed by atoms with Gasteiger partial charge in [0.1, 0.15) is 6.73 Å². The fourth-order valence-corrected chi connectivity index (χ4v) is 2.13. The third-order valence-corrected chi connectivity index (χ3v) is 4.17. The van der Waals surface area contributed by atoms with Gasteiger partial charge in [0.2, 0.25) is 5.95 Å². The van der Waals surface area contributed by atoms with Crippen LogP contribution in [0.15, 0.2) is 11.1 Å². The minimum absolute atomic E-state index is 0.00125. The SMILES string of the molecule is COP(O)(=S)OCCOCn1cnc2c(=O)[nH]c(N)nc21. The van der Waals surface area contributed by atoms with E-state index in [9.17, 15) is 9.69 Å². The van der Waals surface area contributed by atoms with E-state index in [-0.39, 0.29) is 31.4 Å². The van der Waals surface area contributed by atoms with Crippen molar-refractivity contribution in [3.05, 3.63) is 16.7 Å². The highest BCUT2D eigenvalue weighted by Crippen LogP contribution is 2.42. The molecule has 0 aromatic carbocycles. The van der Waals surface area contributed by atoms with Crippen LogP contribution in [0.25, 0.3) is 11.2 Å². The minimum atomic E-state index is -3.17. The highest BCUT2D eigenvalue weighted by atomic mass is 32.5. The number of nitrogen functional groups attached to an aromatic ring is 1. The lowest BCUT2D eigenvalue weighted by Gasteiger charge is -2.12. The van der Waals surface area contributed by atoms with Crippen molar-refractivity contribution in [1.82, 2.24) is 19.5 Å². The summed E-state index contributed by atoms with van der Waals surface area (Å²) in [6.07, 6.45) is 1.42. The zero-order valence-electron chi connectivity index (χ0n) is 11.1. The zero-order valence-corrected chi connectivity index (χ0v) is 12.8. The van der Waals surface area contributed by atoms with Gasteiger partial charge in [0.25, 0.3) is 5.56 Å². The smallest absolute Gasteiger partial charge is 0.324 e. The van der Waals surface area contributed by atoms with E-state index in [2.05, 4.69) is 31.3 Å². The number of H-pyrrole nitrogens is 1. The molecule has 12 heteroatoms. The number of fused-ring (bicyclic) bond motifs is 1. The monoisotopic (exact) mass is 335 g/mol. The van der Waals surface area contributed by atoms with Gasteiger partial charge in [-0.15, -0.1) is 0 Å². The largest absolute Gasteiger partial charge is 0.369 e.